The van der Waals surface area contributed by atoms with Gasteiger partial charge in [-0.3, -0.25) is 4.79 Å². The smallest absolute Gasteiger partial charge is 0.291 e. The summed E-state index contributed by atoms with van der Waals surface area (Å²) in [5.41, 5.74) is 5.68. The van der Waals surface area contributed by atoms with E-state index in [1.807, 2.05) is 20.8 Å². The van der Waals surface area contributed by atoms with Crippen molar-refractivity contribution in [3.05, 3.63) is 41.7 Å². The fourth-order valence-electron chi connectivity index (χ4n) is 2.95. The molecule has 1 amide bonds. The summed E-state index contributed by atoms with van der Waals surface area (Å²) in [5.74, 6) is 0.156. The third kappa shape index (κ3) is 3.42. The molecule has 1 aromatic heterocycles. The molecule has 0 bridgehead atoms. The summed E-state index contributed by atoms with van der Waals surface area (Å²) in [6.45, 7) is 6.16. The van der Waals surface area contributed by atoms with Gasteiger partial charge in [0.05, 0.1) is 5.54 Å². The first kappa shape index (κ1) is 17.5. The van der Waals surface area contributed by atoms with Crippen molar-refractivity contribution in [2.75, 3.05) is 6.54 Å². The molecule has 7 heteroatoms. The minimum absolute atomic E-state index is 0.0158. The first-order chi connectivity index (χ1) is 11.9. The van der Waals surface area contributed by atoms with Crippen molar-refractivity contribution in [2.45, 2.75) is 45.1 Å². The lowest BCUT2D eigenvalue weighted by atomic mass is 9.96. The van der Waals surface area contributed by atoms with Gasteiger partial charge in [0.1, 0.15) is 17.3 Å². The van der Waals surface area contributed by atoms with E-state index in [-0.39, 0.29) is 23.3 Å². The number of halogens is 1. The number of hydrogen-bond acceptors (Lipinski definition) is 4. The largest absolute Gasteiger partial charge is 0.343 e. The molecule has 1 atom stereocenters. The first-order valence-corrected chi connectivity index (χ1v) is 8.60. The van der Waals surface area contributed by atoms with Crippen LogP contribution in [0.15, 0.2) is 24.3 Å². The number of amides is 1. The molecule has 1 saturated carbocycles. The molecular formula is C18H24FN5O. The van der Waals surface area contributed by atoms with Gasteiger partial charge in [0.25, 0.3) is 5.91 Å². The van der Waals surface area contributed by atoms with Gasteiger partial charge in [-0.1, -0.05) is 26.0 Å². The van der Waals surface area contributed by atoms with Gasteiger partial charge >= 0.3 is 0 Å². The Balaban J connectivity index is 1.94. The third-order valence-corrected chi connectivity index (χ3v) is 4.73. The van der Waals surface area contributed by atoms with Gasteiger partial charge in [0.15, 0.2) is 0 Å². The zero-order valence-electron chi connectivity index (χ0n) is 14.8. The molecule has 0 radical (unpaired) electrons. The Morgan fingerprint density at radius 1 is 1.44 bits per heavy atom. The zero-order chi connectivity index (χ0) is 18.2. The van der Waals surface area contributed by atoms with Gasteiger partial charge in [-0.25, -0.2) is 14.1 Å². The number of rotatable bonds is 6. The van der Waals surface area contributed by atoms with Gasteiger partial charge in [-0.2, -0.15) is 0 Å². The number of carbonyl (C=O) groups excluding carboxylic acids is 1. The monoisotopic (exact) mass is 345 g/mol. The summed E-state index contributed by atoms with van der Waals surface area (Å²) in [5, 5.41) is 7.24. The summed E-state index contributed by atoms with van der Waals surface area (Å²) in [7, 11) is 0. The van der Waals surface area contributed by atoms with E-state index in [0.29, 0.717) is 18.3 Å². The SMILES string of the molecule is CC(C)c1nc(C(=O)NC(C)(CN)C2CC2)nn1-c1ccccc1F. The van der Waals surface area contributed by atoms with E-state index in [9.17, 15) is 9.18 Å². The van der Waals surface area contributed by atoms with Crippen LogP contribution in [0.2, 0.25) is 0 Å². The van der Waals surface area contributed by atoms with Crippen LogP contribution in [0.5, 0.6) is 0 Å². The Morgan fingerprint density at radius 3 is 2.68 bits per heavy atom. The fraction of sp³-hybridized carbons (Fsp3) is 0.500. The van der Waals surface area contributed by atoms with Crippen molar-refractivity contribution in [3.8, 4) is 5.69 Å². The number of benzene rings is 1. The van der Waals surface area contributed by atoms with E-state index < -0.39 is 11.4 Å². The molecule has 1 heterocycles. The lowest BCUT2D eigenvalue weighted by molar-refractivity contribution is 0.0887. The number of nitrogens with two attached hydrogens (primary N) is 1. The third-order valence-electron chi connectivity index (χ3n) is 4.73. The Hall–Kier alpha value is -2.28. The van der Waals surface area contributed by atoms with Gasteiger partial charge in [0.2, 0.25) is 5.82 Å². The summed E-state index contributed by atoms with van der Waals surface area (Å²) in [4.78, 5) is 17.0. The van der Waals surface area contributed by atoms with E-state index in [1.165, 1.54) is 10.7 Å². The number of hydrogen-bond donors (Lipinski definition) is 2. The van der Waals surface area contributed by atoms with Crippen LogP contribution in [0.4, 0.5) is 4.39 Å². The molecule has 3 N–H and O–H groups in total. The lowest BCUT2D eigenvalue weighted by Gasteiger charge is -2.28. The molecule has 1 fully saturated rings. The van der Waals surface area contributed by atoms with E-state index in [4.69, 9.17) is 5.73 Å². The van der Waals surface area contributed by atoms with Crippen LogP contribution >= 0.6 is 0 Å². The molecule has 3 rings (SSSR count). The maximum Gasteiger partial charge on any atom is 0.291 e. The molecule has 0 saturated heterocycles. The summed E-state index contributed by atoms with van der Waals surface area (Å²) in [6, 6.07) is 6.31. The number of para-hydroxylation sites is 1. The molecular weight excluding hydrogens is 321 g/mol. The van der Waals surface area contributed by atoms with Crippen molar-refractivity contribution in [1.82, 2.24) is 20.1 Å². The van der Waals surface area contributed by atoms with Gasteiger partial charge in [0, 0.05) is 12.5 Å². The lowest BCUT2D eigenvalue weighted by Crippen LogP contribution is -2.53. The zero-order valence-corrected chi connectivity index (χ0v) is 14.8. The number of aromatic nitrogens is 3. The molecule has 1 aliphatic carbocycles. The van der Waals surface area contributed by atoms with E-state index in [1.54, 1.807) is 18.2 Å². The predicted octanol–water partition coefficient (Wildman–Crippen LogP) is 2.39. The second-order valence-electron chi connectivity index (χ2n) is 7.16. The van der Waals surface area contributed by atoms with Gasteiger partial charge in [-0.15, -0.1) is 5.10 Å². The molecule has 134 valence electrons. The normalized spacial score (nSPS) is 16.7. The minimum atomic E-state index is -0.460. The van der Waals surface area contributed by atoms with Crippen LogP contribution in [-0.4, -0.2) is 32.8 Å². The topological polar surface area (TPSA) is 85.8 Å². The fourth-order valence-corrected chi connectivity index (χ4v) is 2.95. The molecule has 25 heavy (non-hydrogen) atoms. The summed E-state index contributed by atoms with van der Waals surface area (Å²) < 4.78 is 15.6. The highest BCUT2D eigenvalue weighted by molar-refractivity contribution is 5.91. The Kier molecular flexibility index (Phi) is 4.60. The van der Waals surface area contributed by atoms with E-state index >= 15 is 0 Å². The minimum Gasteiger partial charge on any atom is -0.343 e. The van der Waals surface area contributed by atoms with E-state index in [0.717, 1.165) is 12.8 Å². The van der Waals surface area contributed by atoms with Crippen LogP contribution in [-0.2, 0) is 0 Å². The standard InChI is InChI=1S/C18H24FN5O/c1-11(2)16-21-15(17(25)22-18(3,10-20)12-8-9-12)23-24(16)14-7-5-4-6-13(14)19/h4-7,11-12H,8-10,20H2,1-3H3,(H,22,25). The molecule has 2 aromatic rings. The number of nitrogens with zero attached hydrogens (tertiary/aromatic N) is 3. The molecule has 1 unspecified atom stereocenters. The summed E-state index contributed by atoms with van der Waals surface area (Å²) >= 11 is 0. The van der Waals surface area contributed by atoms with Crippen LogP contribution in [0.1, 0.15) is 56.0 Å². The van der Waals surface area contributed by atoms with Crippen molar-refractivity contribution in [2.24, 2.45) is 11.7 Å². The Bertz CT molecular complexity index is 784. The highest BCUT2D eigenvalue weighted by Gasteiger charge is 2.42. The average molecular weight is 345 g/mol. The highest BCUT2D eigenvalue weighted by atomic mass is 19.1. The van der Waals surface area contributed by atoms with Crippen LogP contribution < -0.4 is 11.1 Å². The molecule has 0 aliphatic heterocycles. The second kappa shape index (κ2) is 6.55. The maximum atomic E-state index is 14.2. The van der Waals surface area contributed by atoms with Crippen LogP contribution in [0.3, 0.4) is 0 Å². The van der Waals surface area contributed by atoms with Gasteiger partial charge in [-0.05, 0) is 37.8 Å². The molecule has 6 nitrogen and oxygen atoms in total. The van der Waals surface area contributed by atoms with E-state index in [2.05, 4.69) is 15.4 Å². The Morgan fingerprint density at radius 2 is 2.12 bits per heavy atom. The predicted molar refractivity (Wildman–Crippen MR) is 93.1 cm³/mol. The Labute approximate surface area is 146 Å². The van der Waals surface area contributed by atoms with Crippen LogP contribution in [0, 0.1) is 11.7 Å². The molecule has 1 aromatic carbocycles. The molecule has 1 aliphatic rings. The van der Waals surface area contributed by atoms with Crippen LogP contribution in [0.25, 0.3) is 5.69 Å². The maximum absolute atomic E-state index is 14.2. The molecule has 0 spiro atoms. The average Bonchev–Trinajstić information content (AvgIpc) is 3.34. The second-order valence-corrected chi connectivity index (χ2v) is 7.16. The first-order valence-electron chi connectivity index (χ1n) is 8.60. The van der Waals surface area contributed by atoms with Crippen molar-refractivity contribution in [3.63, 3.8) is 0 Å². The quantitative estimate of drug-likeness (QED) is 0.842. The van der Waals surface area contributed by atoms with Crippen molar-refractivity contribution >= 4 is 5.91 Å². The van der Waals surface area contributed by atoms with Crippen molar-refractivity contribution < 1.29 is 9.18 Å². The summed E-state index contributed by atoms with van der Waals surface area (Å²) in [6.07, 6.45) is 2.12. The number of carbonyl (C=O) groups is 1. The number of nitrogens with one attached hydrogen (secondary N) is 1. The van der Waals surface area contributed by atoms with Crippen molar-refractivity contribution in [1.29, 1.82) is 0 Å². The van der Waals surface area contributed by atoms with Gasteiger partial charge < -0.3 is 11.1 Å². The highest BCUT2D eigenvalue weighted by Crippen LogP contribution is 2.39.